The molecule has 0 N–H and O–H groups in total. The number of imide groups is 1. The van der Waals surface area contributed by atoms with E-state index in [4.69, 9.17) is 72.8 Å². The Morgan fingerprint density at radius 1 is 0.551 bits per heavy atom. The molecule has 37 heteroatoms. The van der Waals surface area contributed by atoms with Crippen LogP contribution in [0.2, 0.25) is 0 Å². The number of benzene rings is 3. The standard InChI is InChI=1S/C17H17BrO.C13H12BrNO4.CH2Cl2.CH4.S14.S13/c1-13-7-10-15(11-8-13)17(18)16(19)12-9-14-5-3-2-4-6-14;1-8-2-4-9(5-3-8)12(14)13(18)19-15-10(16)6-7-11(15)17;2-1-3;;1-3-5-7-9-11-13-14-12-10-8-6-4-2;1-3-5-7-9-11-13-12-10-8-6-4-2/h2-8,10-11,17H,9,12H2,1H3;2-5,12H,6-7H2,1H3;1H2;1H4;;. The van der Waals surface area contributed by atoms with Crippen LogP contribution in [0.5, 0.6) is 0 Å². The number of ketones is 1. The number of amides is 2. The second kappa shape index (κ2) is 53.4. The molecule has 0 aliphatic carbocycles. The Labute approximate surface area is 515 Å². The Kier molecular flexibility index (Phi) is 57.7. The summed E-state index contributed by atoms with van der Waals surface area (Å²) in [6, 6.07) is 25.5. The van der Waals surface area contributed by atoms with Crippen LogP contribution in [0.3, 0.4) is 0 Å². The quantitative estimate of drug-likeness (QED) is 0.163. The first-order valence-electron chi connectivity index (χ1n) is 16.9. The fourth-order valence-electron chi connectivity index (χ4n) is 3.84. The molecule has 2 atom stereocenters. The molecule has 388 valence electrons. The van der Waals surface area contributed by atoms with Crippen LogP contribution in [0.25, 0.3) is 0 Å². The van der Waals surface area contributed by atoms with Crippen molar-refractivity contribution in [3.8, 4) is 0 Å². The summed E-state index contributed by atoms with van der Waals surface area (Å²) in [5.41, 5.74) is 5.22. The van der Waals surface area contributed by atoms with E-state index in [0.29, 0.717) is 17.0 Å². The Hall–Kier alpha value is 3.42. The molecule has 2 amide bonds. The predicted molar refractivity (Wildman–Crippen MR) is 375 cm³/mol. The van der Waals surface area contributed by atoms with Crippen molar-refractivity contribution in [1.29, 1.82) is 0 Å². The molecule has 6 nitrogen and oxygen atoms in total. The van der Waals surface area contributed by atoms with E-state index in [2.05, 4.69) is 44.0 Å². The molecule has 0 radical (unpaired) electrons. The van der Waals surface area contributed by atoms with Gasteiger partial charge in [-0.1, -0.05) is 129 Å². The van der Waals surface area contributed by atoms with Crippen LogP contribution in [0, 0.1) is 13.8 Å². The summed E-state index contributed by atoms with van der Waals surface area (Å²) in [5, 5.41) is 0.741. The molecule has 1 saturated heterocycles. The second-order valence-corrected chi connectivity index (χ2v) is 54.0. The number of hydroxylamine groups is 2. The molecule has 69 heavy (non-hydrogen) atoms. The number of hydrogen-bond donors (Lipinski definition) is 0. The maximum atomic E-state index is 12.2. The van der Waals surface area contributed by atoms with Crippen molar-refractivity contribution in [1.82, 2.24) is 5.06 Å². The van der Waals surface area contributed by atoms with Gasteiger partial charge in [-0.25, -0.2) is 4.79 Å². The molecule has 0 bridgehead atoms. The number of Topliss-reactive ketones (excluding diaryl/α,β-unsaturated/α-hetero) is 1. The highest BCUT2D eigenvalue weighted by atomic mass is 79.9. The monoisotopic (exact) mass is 1600 g/mol. The molecule has 0 spiro atoms. The van der Waals surface area contributed by atoms with Crippen LogP contribution in [0.15, 0.2) is 78.9 Å². The smallest absolute Gasteiger partial charge is 0.329 e. The van der Waals surface area contributed by atoms with Crippen LogP contribution in [-0.4, -0.2) is 34.0 Å². The maximum absolute atomic E-state index is 12.2. The molecule has 0 aromatic heterocycles. The van der Waals surface area contributed by atoms with E-state index >= 15 is 0 Å². The second-order valence-electron chi connectivity index (χ2n) is 10.7. The van der Waals surface area contributed by atoms with Crippen LogP contribution in [0.1, 0.15) is 64.2 Å². The van der Waals surface area contributed by atoms with Gasteiger partial charge in [0.1, 0.15) is 4.83 Å². The number of halogens is 4. The van der Waals surface area contributed by atoms with Crippen LogP contribution in [-0.2, 0) is 279 Å². The Morgan fingerprint density at radius 2 is 0.855 bits per heavy atom. The molecule has 0 saturated carbocycles. The van der Waals surface area contributed by atoms with Crippen molar-refractivity contribution in [3.05, 3.63) is 107 Å². The summed E-state index contributed by atoms with van der Waals surface area (Å²) in [6.07, 6.45) is 1.54. The van der Waals surface area contributed by atoms with Crippen molar-refractivity contribution >= 4 is 328 Å². The summed E-state index contributed by atoms with van der Waals surface area (Å²) in [4.78, 5) is 50.6. The molecule has 1 aliphatic heterocycles. The summed E-state index contributed by atoms with van der Waals surface area (Å²) >= 11 is 35.1. The van der Waals surface area contributed by atoms with Crippen molar-refractivity contribution in [2.75, 3.05) is 5.34 Å². The van der Waals surface area contributed by atoms with Gasteiger partial charge in [-0.3, -0.25) is 14.4 Å². The van der Waals surface area contributed by atoms with Gasteiger partial charge in [0.25, 0.3) is 11.8 Å². The molecule has 4 rings (SSSR count). The fraction of sp³-hybridized carbons (Fsp3) is 0.312. The number of alkyl halides is 4. The summed E-state index contributed by atoms with van der Waals surface area (Å²) in [6.45, 7) is 3.98. The third kappa shape index (κ3) is 42.1. The number of hydrogen-bond acceptors (Lipinski definition) is 9. The molecule has 1 fully saturated rings. The van der Waals surface area contributed by atoms with E-state index in [-0.39, 0.29) is 36.2 Å². The normalized spacial score (nSPS) is 11.0. The average Bonchev–Trinajstić information content (AvgIpc) is 3.66. The van der Waals surface area contributed by atoms with E-state index in [1.165, 1.54) is 46.6 Å². The molecular weight excluding hydrogens is 1570 g/mol. The van der Waals surface area contributed by atoms with Crippen LogP contribution < -0.4 is 0 Å². The Balaban J connectivity index is 0. The highest BCUT2D eigenvalue weighted by molar-refractivity contribution is 9.09. The molecule has 1 heterocycles. The first kappa shape index (κ1) is 74.5. The third-order valence-electron chi connectivity index (χ3n) is 6.50. The number of aryl methyl sites for hydroxylation is 3. The lowest BCUT2D eigenvalue weighted by molar-refractivity contribution is -0.197. The van der Waals surface area contributed by atoms with E-state index < -0.39 is 22.6 Å². The zero-order valence-electron chi connectivity index (χ0n) is 33.7. The molecule has 3 aromatic carbocycles. The largest absolute Gasteiger partial charge is 0.351 e. The lowest BCUT2D eigenvalue weighted by Gasteiger charge is -2.15. The summed E-state index contributed by atoms with van der Waals surface area (Å²) < 4.78 is 0. The highest BCUT2D eigenvalue weighted by Gasteiger charge is 2.34. The molecule has 1 aliphatic rings. The minimum atomic E-state index is -0.714. The first-order valence-corrected chi connectivity index (χ1v) is 53.1. The van der Waals surface area contributed by atoms with Crippen LogP contribution >= 0.6 is 55.1 Å². The number of carbonyl (C=O) groups excluding carboxylic acids is 4. The Bertz CT molecular complexity index is 3090. The van der Waals surface area contributed by atoms with Crippen LogP contribution in [0.4, 0.5) is 0 Å². The lowest BCUT2D eigenvalue weighted by Crippen LogP contribution is -2.33. The van der Waals surface area contributed by atoms with Gasteiger partial charge in [-0.2, -0.15) is 0 Å². The zero-order chi connectivity index (χ0) is 50.6. The zero-order valence-corrected chi connectivity index (χ0v) is 60.4. The third-order valence-corrected chi connectivity index (χ3v) is 55.1. The van der Waals surface area contributed by atoms with Crippen molar-refractivity contribution in [2.45, 2.75) is 56.6 Å². The van der Waals surface area contributed by atoms with Crippen molar-refractivity contribution < 1.29 is 24.0 Å². The topological polar surface area (TPSA) is 80.8 Å². The van der Waals surface area contributed by atoms with Gasteiger partial charge in [0.15, 0.2) is 5.78 Å². The first-order chi connectivity index (χ1) is 32.9. The lowest BCUT2D eigenvalue weighted by atomic mass is 10.0. The van der Waals surface area contributed by atoms with Gasteiger partial charge in [-0.15, -0.1) is 28.3 Å². The molecule has 2 unspecified atom stereocenters. The van der Waals surface area contributed by atoms with Gasteiger partial charge in [-0.05, 0) is 37.0 Å². The van der Waals surface area contributed by atoms with Gasteiger partial charge >= 0.3 is 5.97 Å². The predicted octanol–water partition coefficient (Wildman–Crippen LogP) is 8.66. The van der Waals surface area contributed by atoms with Gasteiger partial charge < -0.3 is 4.84 Å². The maximum Gasteiger partial charge on any atom is 0.351 e. The Morgan fingerprint density at radius 3 is 1.17 bits per heavy atom. The minimum absolute atomic E-state index is 0. The summed E-state index contributed by atoms with van der Waals surface area (Å²) in [7, 11) is 38.0. The van der Waals surface area contributed by atoms with Crippen molar-refractivity contribution in [2.24, 2.45) is 0 Å². The van der Waals surface area contributed by atoms with Crippen molar-refractivity contribution in [3.63, 3.8) is 0 Å². The fourth-order valence-corrected chi connectivity index (χ4v) is 56.9. The van der Waals surface area contributed by atoms with Gasteiger partial charge in [0.2, 0.25) is 0 Å². The van der Waals surface area contributed by atoms with Gasteiger partial charge in [0, 0.05) is 268 Å². The minimum Gasteiger partial charge on any atom is -0.329 e. The van der Waals surface area contributed by atoms with E-state index in [1.807, 2.05) is 68.4 Å². The summed E-state index contributed by atoms with van der Waals surface area (Å²) in [5.74, 6) is -1.43. The van der Waals surface area contributed by atoms with E-state index in [1.54, 1.807) is 181 Å². The highest BCUT2D eigenvalue weighted by Crippen LogP contribution is 2.27. The molecule has 3 aromatic rings. The number of rotatable bonds is 8. The van der Waals surface area contributed by atoms with Gasteiger partial charge in [0.05, 0.1) is 10.2 Å². The van der Waals surface area contributed by atoms with E-state index in [0.717, 1.165) is 17.5 Å². The SMILES string of the molecule is C.Cc1ccc(C(Br)C(=O)CCc2ccccc2)cc1.Cc1ccc(C(Br)C(=O)ON2C(=O)CCC2=O)cc1.ClCCl.S=S=S=S=S=S=S=S=S=S=S=S=S.S=S=S=S=S=S=S=S=S=S=S=S=S=S. The van der Waals surface area contributed by atoms with E-state index in [9.17, 15) is 19.2 Å². The molecular formula is C32H35Br2Cl2NO5S27. The number of carbonyl (C=O) groups is 4. The average molecular weight is 1610 g/mol. The number of nitrogens with zero attached hydrogens (tertiary/aromatic N) is 1.